The second kappa shape index (κ2) is 4.60. The fraction of sp³-hybridized carbons (Fsp3) is 0.308. The fourth-order valence-electron chi connectivity index (χ4n) is 1.99. The van der Waals surface area contributed by atoms with Crippen LogP contribution in [-0.4, -0.2) is 25.8 Å². The monoisotopic (exact) mass is 245 g/mol. The minimum atomic E-state index is -0.936. The molecule has 94 valence electrons. The number of hydrogen-bond acceptors (Lipinski definition) is 3. The lowest BCUT2D eigenvalue weighted by Gasteiger charge is -2.06. The van der Waals surface area contributed by atoms with Gasteiger partial charge in [-0.05, 0) is 32.4 Å². The highest BCUT2D eigenvalue weighted by Gasteiger charge is 2.18. The van der Waals surface area contributed by atoms with Crippen LogP contribution in [0.5, 0.6) is 0 Å². The maximum absolute atomic E-state index is 11.1. The fourth-order valence-corrected chi connectivity index (χ4v) is 1.99. The minimum Gasteiger partial charge on any atom is -0.478 e. The van der Waals surface area contributed by atoms with E-state index in [1.54, 1.807) is 24.7 Å². The third-order valence-electron chi connectivity index (χ3n) is 3.01. The van der Waals surface area contributed by atoms with Crippen molar-refractivity contribution in [2.75, 3.05) is 0 Å². The summed E-state index contributed by atoms with van der Waals surface area (Å²) in [5.74, 6) is -0.936. The molecule has 1 N–H and O–H groups in total. The topological polar surface area (TPSA) is 68.0 Å². The molecule has 2 aromatic heterocycles. The first-order valence-electron chi connectivity index (χ1n) is 5.68. The Balaban J connectivity index is 2.39. The average molecular weight is 245 g/mol. The van der Waals surface area contributed by atoms with Crippen LogP contribution in [0, 0.1) is 20.8 Å². The Morgan fingerprint density at radius 2 is 2.11 bits per heavy atom. The molecular formula is C13H15N3O2. The van der Waals surface area contributed by atoms with E-state index < -0.39 is 5.97 Å². The summed E-state index contributed by atoms with van der Waals surface area (Å²) in [6, 6.07) is 3.86. The third-order valence-corrected chi connectivity index (χ3v) is 3.01. The molecule has 0 amide bonds. The van der Waals surface area contributed by atoms with Crippen LogP contribution in [0.1, 0.15) is 33.0 Å². The summed E-state index contributed by atoms with van der Waals surface area (Å²) in [7, 11) is 0. The van der Waals surface area contributed by atoms with E-state index in [1.807, 2.05) is 19.1 Å². The predicted octanol–water partition coefficient (Wildman–Crippen LogP) is 1.95. The van der Waals surface area contributed by atoms with Gasteiger partial charge in [0.15, 0.2) is 0 Å². The zero-order chi connectivity index (χ0) is 13.3. The molecule has 0 aliphatic heterocycles. The smallest absolute Gasteiger partial charge is 0.339 e. The second-order valence-corrected chi connectivity index (χ2v) is 4.28. The van der Waals surface area contributed by atoms with Gasteiger partial charge in [-0.2, -0.15) is 5.10 Å². The molecule has 0 radical (unpaired) electrons. The molecule has 0 aliphatic carbocycles. The largest absolute Gasteiger partial charge is 0.478 e. The van der Waals surface area contributed by atoms with Crippen LogP contribution in [0.15, 0.2) is 18.3 Å². The number of rotatable bonds is 3. The first kappa shape index (κ1) is 12.3. The maximum atomic E-state index is 11.1. The van der Waals surface area contributed by atoms with Crippen molar-refractivity contribution < 1.29 is 9.90 Å². The van der Waals surface area contributed by atoms with Crippen molar-refractivity contribution in [2.24, 2.45) is 0 Å². The normalized spacial score (nSPS) is 10.6. The number of carbonyl (C=O) groups is 1. The molecule has 0 aliphatic rings. The minimum absolute atomic E-state index is 0.281. The Bertz CT molecular complexity index is 602. The van der Waals surface area contributed by atoms with Gasteiger partial charge in [0.1, 0.15) is 5.56 Å². The van der Waals surface area contributed by atoms with Crippen molar-refractivity contribution in [2.45, 2.75) is 27.3 Å². The average Bonchev–Trinajstić information content (AvgIpc) is 2.57. The molecule has 0 aromatic carbocycles. The Kier molecular flexibility index (Phi) is 3.14. The highest BCUT2D eigenvalue weighted by Crippen LogP contribution is 2.15. The molecule has 0 unspecified atom stereocenters. The molecular weight excluding hydrogens is 230 g/mol. The van der Waals surface area contributed by atoms with Crippen molar-refractivity contribution in [3.63, 3.8) is 0 Å². The molecule has 0 atom stereocenters. The van der Waals surface area contributed by atoms with Gasteiger partial charge in [0.05, 0.1) is 23.6 Å². The number of nitrogens with zero attached hydrogens (tertiary/aromatic N) is 3. The lowest BCUT2D eigenvalue weighted by Crippen LogP contribution is -2.08. The van der Waals surface area contributed by atoms with Gasteiger partial charge in [0.2, 0.25) is 0 Å². The molecule has 0 saturated heterocycles. The van der Waals surface area contributed by atoms with Crippen molar-refractivity contribution in [3.8, 4) is 0 Å². The molecule has 2 aromatic rings. The molecule has 0 saturated carbocycles. The number of pyridine rings is 1. The third kappa shape index (κ3) is 2.11. The van der Waals surface area contributed by atoms with Crippen molar-refractivity contribution >= 4 is 5.97 Å². The molecule has 5 nitrogen and oxygen atoms in total. The summed E-state index contributed by atoms with van der Waals surface area (Å²) in [6.07, 6.45) is 1.73. The molecule has 2 rings (SSSR count). The first-order valence-corrected chi connectivity index (χ1v) is 5.68. The Morgan fingerprint density at radius 1 is 1.39 bits per heavy atom. The van der Waals surface area contributed by atoms with Gasteiger partial charge in [0, 0.05) is 6.20 Å². The van der Waals surface area contributed by atoms with Crippen LogP contribution < -0.4 is 0 Å². The Labute approximate surface area is 105 Å². The zero-order valence-electron chi connectivity index (χ0n) is 10.6. The van der Waals surface area contributed by atoms with Crippen molar-refractivity contribution in [1.29, 1.82) is 0 Å². The summed E-state index contributed by atoms with van der Waals surface area (Å²) in [4.78, 5) is 15.4. The number of aryl methyl sites for hydroxylation is 2. The first-order chi connectivity index (χ1) is 8.50. The van der Waals surface area contributed by atoms with Crippen molar-refractivity contribution in [1.82, 2.24) is 14.8 Å². The van der Waals surface area contributed by atoms with Gasteiger partial charge in [-0.3, -0.25) is 9.67 Å². The van der Waals surface area contributed by atoms with Gasteiger partial charge in [0.25, 0.3) is 0 Å². The van der Waals surface area contributed by atoms with E-state index in [9.17, 15) is 4.79 Å². The quantitative estimate of drug-likeness (QED) is 0.897. The number of hydrogen-bond donors (Lipinski definition) is 1. The SMILES string of the molecule is Cc1cccnc1Cn1nc(C)c(C(=O)O)c1C. The summed E-state index contributed by atoms with van der Waals surface area (Å²) < 4.78 is 1.69. The molecule has 5 heteroatoms. The van der Waals surface area contributed by atoms with E-state index in [1.165, 1.54) is 0 Å². The molecule has 18 heavy (non-hydrogen) atoms. The van der Waals surface area contributed by atoms with E-state index >= 15 is 0 Å². The molecule has 2 heterocycles. The molecule has 0 spiro atoms. The summed E-state index contributed by atoms with van der Waals surface area (Å²) in [5, 5.41) is 13.4. The predicted molar refractivity (Wildman–Crippen MR) is 66.7 cm³/mol. The zero-order valence-corrected chi connectivity index (χ0v) is 10.6. The Morgan fingerprint density at radius 3 is 2.67 bits per heavy atom. The maximum Gasteiger partial charge on any atom is 0.339 e. The number of carboxylic acid groups (broad SMARTS) is 1. The van der Waals surface area contributed by atoms with Crippen LogP contribution in [0.4, 0.5) is 0 Å². The van der Waals surface area contributed by atoms with E-state index in [2.05, 4.69) is 10.1 Å². The number of aromatic nitrogens is 3. The van der Waals surface area contributed by atoms with E-state index in [4.69, 9.17) is 5.11 Å². The second-order valence-electron chi connectivity index (χ2n) is 4.28. The van der Waals surface area contributed by atoms with Crippen LogP contribution in [0.25, 0.3) is 0 Å². The van der Waals surface area contributed by atoms with E-state index in [0.29, 0.717) is 17.9 Å². The molecule has 0 fully saturated rings. The van der Waals surface area contributed by atoms with Gasteiger partial charge < -0.3 is 5.11 Å². The van der Waals surface area contributed by atoms with Crippen LogP contribution in [-0.2, 0) is 6.54 Å². The number of aromatic carboxylic acids is 1. The highest BCUT2D eigenvalue weighted by molar-refractivity contribution is 5.90. The molecule has 0 bridgehead atoms. The van der Waals surface area contributed by atoms with Gasteiger partial charge >= 0.3 is 5.97 Å². The standard InChI is InChI=1S/C13H15N3O2/c1-8-5-4-6-14-11(8)7-16-10(3)12(13(17)18)9(2)15-16/h4-6H,7H2,1-3H3,(H,17,18). The van der Waals surface area contributed by atoms with E-state index in [0.717, 1.165) is 11.3 Å². The summed E-state index contributed by atoms with van der Waals surface area (Å²) in [6.45, 7) is 5.94. The summed E-state index contributed by atoms with van der Waals surface area (Å²) >= 11 is 0. The van der Waals surface area contributed by atoms with Gasteiger partial charge in [-0.1, -0.05) is 6.07 Å². The van der Waals surface area contributed by atoms with E-state index in [-0.39, 0.29) is 5.56 Å². The number of carboxylic acids is 1. The van der Waals surface area contributed by atoms with Crippen LogP contribution >= 0.6 is 0 Å². The van der Waals surface area contributed by atoms with Crippen LogP contribution in [0.3, 0.4) is 0 Å². The van der Waals surface area contributed by atoms with Crippen LogP contribution in [0.2, 0.25) is 0 Å². The lowest BCUT2D eigenvalue weighted by molar-refractivity contribution is 0.0695. The van der Waals surface area contributed by atoms with Gasteiger partial charge in [-0.25, -0.2) is 4.79 Å². The Hall–Kier alpha value is -2.17. The highest BCUT2D eigenvalue weighted by atomic mass is 16.4. The summed E-state index contributed by atoms with van der Waals surface area (Å²) in [5.41, 5.74) is 3.45. The van der Waals surface area contributed by atoms with Crippen molar-refractivity contribution in [3.05, 3.63) is 46.5 Å². The lowest BCUT2D eigenvalue weighted by atomic mass is 10.2. The van der Waals surface area contributed by atoms with Gasteiger partial charge in [-0.15, -0.1) is 0 Å².